The van der Waals surface area contributed by atoms with Crippen LogP contribution < -0.4 is 4.74 Å². The van der Waals surface area contributed by atoms with E-state index >= 15 is 0 Å². The van der Waals surface area contributed by atoms with Crippen molar-refractivity contribution in [3.05, 3.63) is 84.4 Å². The van der Waals surface area contributed by atoms with Crippen molar-refractivity contribution in [2.24, 2.45) is 0 Å². The predicted molar refractivity (Wildman–Crippen MR) is 110 cm³/mol. The van der Waals surface area contributed by atoms with Gasteiger partial charge in [0.2, 0.25) is 0 Å². The molecule has 172 valence electrons. The van der Waals surface area contributed by atoms with Gasteiger partial charge in [-0.1, -0.05) is 23.4 Å². The van der Waals surface area contributed by atoms with E-state index in [9.17, 15) is 22.0 Å². The van der Waals surface area contributed by atoms with Crippen LogP contribution in [-0.2, 0) is 6.54 Å². The number of ether oxygens (including phenoxy) is 1. The topological polar surface area (TPSA) is 66.0 Å². The minimum absolute atomic E-state index is 0.0490. The van der Waals surface area contributed by atoms with Gasteiger partial charge in [-0.05, 0) is 30.3 Å². The van der Waals surface area contributed by atoms with Gasteiger partial charge in [-0.2, -0.15) is 0 Å². The molecular formula is C23H13F5N4O2. The van der Waals surface area contributed by atoms with Crippen LogP contribution in [0.5, 0.6) is 5.75 Å². The summed E-state index contributed by atoms with van der Waals surface area (Å²) in [7, 11) is 0. The third-order valence-corrected chi connectivity index (χ3v) is 4.91. The molecule has 5 rings (SSSR count). The number of halogens is 5. The first-order valence-electron chi connectivity index (χ1n) is 9.85. The molecule has 0 bridgehead atoms. The van der Waals surface area contributed by atoms with Crippen molar-refractivity contribution in [2.75, 3.05) is 0 Å². The Labute approximate surface area is 188 Å². The van der Waals surface area contributed by atoms with Gasteiger partial charge in [-0.3, -0.25) is 0 Å². The normalized spacial score (nSPS) is 11.8. The maximum Gasteiger partial charge on any atom is 0.573 e. The van der Waals surface area contributed by atoms with Crippen LogP contribution in [0.2, 0.25) is 0 Å². The minimum atomic E-state index is -4.85. The molecular weight excluding hydrogens is 459 g/mol. The Morgan fingerprint density at radius 3 is 2.47 bits per heavy atom. The zero-order chi connectivity index (χ0) is 23.9. The summed E-state index contributed by atoms with van der Waals surface area (Å²) in [4.78, 5) is 8.52. The smallest absolute Gasteiger partial charge is 0.405 e. The first kappa shape index (κ1) is 21.6. The largest absolute Gasteiger partial charge is 0.573 e. The molecule has 0 radical (unpaired) electrons. The lowest BCUT2D eigenvalue weighted by atomic mass is 10.1. The number of hydrogen-bond donors (Lipinski definition) is 0. The van der Waals surface area contributed by atoms with Crippen molar-refractivity contribution >= 4 is 0 Å². The first-order valence-corrected chi connectivity index (χ1v) is 9.85. The molecule has 3 aromatic rings. The molecule has 2 aromatic carbocycles. The van der Waals surface area contributed by atoms with Crippen LogP contribution in [-0.4, -0.2) is 26.1 Å². The van der Waals surface area contributed by atoms with Crippen molar-refractivity contribution in [2.45, 2.75) is 12.9 Å². The van der Waals surface area contributed by atoms with E-state index in [1.807, 2.05) is 0 Å². The molecule has 0 aliphatic carbocycles. The molecule has 1 aromatic heterocycles. The lowest BCUT2D eigenvalue weighted by Gasteiger charge is -2.11. The molecule has 0 fully saturated rings. The second kappa shape index (κ2) is 8.25. The highest BCUT2D eigenvalue weighted by molar-refractivity contribution is 5.67. The van der Waals surface area contributed by atoms with Crippen LogP contribution in [0.25, 0.3) is 34.0 Å². The fourth-order valence-corrected chi connectivity index (χ4v) is 3.43. The Morgan fingerprint density at radius 1 is 0.882 bits per heavy atom. The third-order valence-electron chi connectivity index (χ3n) is 4.91. The molecule has 3 heterocycles. The van der Waals surface area contributed by atoms with E-state index in [1.54, 1.807) is 29.1 Å². The van der Waals surface area contributed by atoms with Gasteiger partial charge in [0.25, 0.3) is 0 Å². The molecule has 0 saturated heterocycles. The monoisotopic (exact) mass is 472 g/mol. The first-order chi connectivity index (χ1) is 16.3. The molecule has 0 unspecified atom stereocenters. The Balaban J connectivity index is 1.40. The van der Waals surface area contributed by atoms with E-state index in [0.29, 0.717) is 17.1 Å². The maximum absolute atomic E-state index is 14.1. The van der Waals surface area contributed by atoms with Gasteiger partial charge in [0, 0.05) is 24.0 Å². The van der Waals surface area contributed by atoms with Gasteiger partial charge in [-0.25, -0.2) is 18.7 Å². The lowest BCUT2D eigenvalue weighted by molar-refractivity contribution is -0.274. The van der Waals surface area contributed by atoms with Gasteiger partial charge >= 0.3 is 6.36 Å². The maximum atomic E-state index is 14.1. The summed E-state index contributed by atoms with van der Waals surface area (Å²) in [5.74, 6) is -2.02. The molecule has 2 aliphatic heterocycles. The number of fused-ring (bicyclic) bond motifs is 1. The summed E-state index contributed by atoms with van der Waals surface area (Å²) >= 11 is 0. The van der Waals surface area contributed by atoms with E-state index in [2.05, 4.69) is 19.9 Å². The van der Waals surface area contributed by atoms with Crippen LogP contribution in [0.15, 0.2) is 71.5 Å². The molecule has 0 saturated carbocycles. The Hall–Kier alpha value is -4.28. The fourth-order valence-electron chi connectivity index (χ4n) is 3.43. The molecule has 2 aliphatic rings. The molecule has 0 spiro atoms. The Kier molecular flexibility index (Phi) is 5.23. The number of aromatic nitrogens is 4. The number of nitrogens with zero attached hydrogens (tertiary/aromatic N) is 4. The van der Waals surface area contributed by atoms with Crippen LogP contribution >= 0.6 is 0 Å². The predicted octanol–water partition coefficient (Wildman–Crippen LogP) is 5.93. The number of imidazole rings is 1. The second-order valence-corrected chi connectivity index (χ2v) is 7.26. The molecule has 34 heavy (non-hydrogen) atoms. The summed E-state index contributed by atoms with van der Waals surface area (Å²) in [5.41, 5.74) is 1.16. The highest BCUT2D eigenvalue weighted by atomic mass is 19.4. The average molecular weight is 472 g/mol. The van der Waals surface area contributed by atoms with E-state index in [4.69, 9.17) is 4.52 Å². The van der Waals surface area contributed by atoms with Gasteiger partial charge < -0.3 is 13.8 Å². The zero-order valence-corrected chi connectivity index (χ0v) is 17.1. The summed E-state index contributed by atoms with van der Waals surface area (Å²) < 4.78 is 76.7. The summed E-state index contributed by atoms with van der Waals surface area (Å²) in [6.45, 7) is 0.182. The molecule has 0 N–H and O–H groups in total. The van der Waals surface area contributed by atoms with Crippen molar-refractivity contribution in [3.8, 4) is 39.8 Å². The quantitative estimate of drug-likeness (QED) is 0.297. The lowest BCUT2D eigenvalue weighted by Crippen LogP contribution is -2.17. The van der Waals surface area contributed by atoms with Gasteiger partial charge in [-0.15, -0.1) is 13.2 Å². The molecule has 6 nitrogen and oxygen atoms in total. The summed E-state index contributed by atoms with van der Waals surface area (Å²) in [5, 5.41) is 3.86. The number of alkyl halides is 3. The summed E-state index contributed by atoms with van der Waals surface area (Å²) in [6.07, 6.45) is -1.54. The van der Waals surface area contributed by atoms with Crippen molar-refractivity contribution < 1.29 is 31.2 Å². The summed E-state index contributed by atoms with van der Waals surface area (Å²) in [6, 6.07) is 12.5. The number of pyridine rings is 1. The highest BCUT2D eigenvalue weighted by Crippen LogP contribution is 2.33. The zero-order valence-electron chi connectivity index (χ0n) is 17.1. The average Bonchev–Trinajstić information content (AvgIpc) is 3.41. The van der Waals surface area contributed by atoms with Gasteiger partial charge in [0.05, 0.1) is 17.8 Å². The minimum Gasteiger partial charge on any atom is -0.405 e. The fraction of sp³-hybridized carbons (Fsp3) is 0.0870. The van der Waals surface area contributed by atoms with Crippen molar-refractivity contribution in [1.29, 1.82) is 0 Å². The highest BCUT2D eigenvalue weighted by Gasteiger charge is 2.32. The van der Waals surface area contributed by atoms with Crippen LogP contribution in [0.1, 0.15) is 5.76 Å². The van der Waals surface area contributed by atoms with E-state index in [1.165, 1.54) is 36.4 Å². The number of benzene rings is 2. The third kappa shape index (κ3) is 4.32. The van der Waals surface area contributed by atoms with Crippen LogP contribution in [0.3, 0.4) is 0 Å². The van der Waals surface area contributed by atoms with Crippen LogP contribution in [0, 0.1) is 11.6 Å². The van der Waals surface area contributed by atoms with Gasteiger partial charge in [0.15, 0.2) is 23.2 Å². The van der Waals surface area contributed by atoms with Gasteiger partial charge in [0.1, 0.15) is 17.1 Å². The molecule has 11 heteroatoms. The van der Waals surface area contributed by atoms with Crippen molar-refractivity contribution in [1.82, 2.24) is 19.7 Å². The standard InChI is InChI=1S/C23H13F5N4O2/c24-16-6-3-5-15(21(16)25)22-29-17-8-9-32(12-19(17)30-22)11-13-10-18(31-34-13)14-4-1-2-7-20(14)33-23(26,27)28/h1-10,12H,11H2. The van der Waals surface area contributed by atoms with Crippen molar-refractivity contribution in [3.63, 3.8) is 0 Å². The Morgan fingerprint density at radius 2 is 1.65 bits per heavy atom. The SMILES string of the molecule is Fc1cccc(-c2nc3ccn(Cc4cc(-c5ccccc5OC(F)(F)F)no4)cc-3n2)c1F. The van der Waals surface area contributed by atoms with Crippen LogP contribution in [0.4, 0.5) is 22.0 Å². The van der Waals surface area contributed by atoms with E-state index in [-0.39, 0.29) is 29.2 Å². The number of para-hydroxylation sites is 1. The molecule has 0 atom stereocenters. The number of rotatable bonds is 5. The second-order valence-electron chi connectivity index (χ2n) is 7.26. The van der Waals surface area contributed by atoms with E-state index in [0.717, 1.165) is 6.07 Å². The molecule has 0 amide bonds. The van der Waals surface area contributed by atoms with E-state index < -0.39 is 23.7 Å². The Bertz CT molecular complexity index is 1440. The number of hydrogen-bond acceptors (Lipinski definition) is 5.